The molecule has 6 heteroatoms. The fourth-order valence-corrected chi connectivity index (χ4v) is 2.83. The summed E-state index contributed by atoms with van der Waals surface area (Å²) in [6, 6.07) is 14.5. The number of benzene rings is 2. The quantitative estimate of drug-likeness (QED) is 0.846. The summed E-state index contributed by atoms with van der Waals surface area (Å²) in [7, 11) is 0. The molecule has 0 spiro atoms. The third-order valence-electron chi connectivity index (χ3n) is 4.41. The number of nitrogens with zero attached hydrogens (tertiary/aromatic N) is 1. The summed E-state index contributed by atoms with van der Waals surface area (Å²) in [6.07, 6.45) is 0.368. The van der Waals surface area contributed by atoms with Crippen LogP contribution in [0.3, 0.4) is 0 Å². The lowest BCUT2D eigenvalue weighted by Gasteiger charge is -2.32. The van der Waals surface area contributed by atoms with Crippen LogP contribution in [-0.4, -0.2) is 30.6 Å². The van der Waals surface area contributed by atoms with Crippen LogP contribution < -0.4 is 19.7 Å². The van der Waals surface area contributed by atoms with Crippen molar-refractivity contribution in [3.63, 3.8) is 0 Å². The Morgan fingerprint density at radius 2 is 2.04 bits per heavy atom. The van der Waals surface area contributed by atoms with E-state index >= 15 is 0 Å². The molecule has 0 radical (unpaired) electrons. The Kier molecular flexibility index (Phi) is 5.64. The second kappa shape index (κ2) is 8.12. The lowest BCUT2D eigenvalue weighted by atomic mass is 10.2. The first kappa shape index (κ1) is 18.8. The van der Waals surface area contributed by atoms with Gasteiger partial charge in [-0.05, 0) is 44.5 Å². The minimum atomic E-state index is -0.625. The molecule has 2 atom stereocenters. The molecule has 27 heavy (non-hydrogen) atoms. The molecule has 2 amide bonds. The van der Waals surface area contributed by atoms with Gasteiger partial charge in [-0.25, -0.2) is 0 Å². The molecule has 0 saturated carbocycles. The molecule has 2 aromatic carbocycles. The third kappa shape index (κ3) is 4.39. The average Bonchev–Trinajstić information content (AvgIpc) is 2.65. The number of rotatable bonds is 6. The molecular weight excluding hydrogens is 344 g/mol. The summed E-state index contributed by atoms with van der Waals surface area (Å²) in [4.78, 5) is 26.5. The van der Waals surface area contributed by atoms with Gasteiger partial charge < -0.3 is 14.8 Å². The first-order valence-corrected chi connectivity index (χ1v) is 9.11. The maximum absolute atomic E-state index is 12.5. The fourth-order valence-electron chi connectivity index (χ4n) is 2.83. The Morgan fingerprint density at radius 1 is 1.26 bits per heavy atom. The van der Waals surface area contributed by atoms with Gasteiger partial charge in [0.1, 0.15) is 18.0 Å². The monoisotopic (exact) mass is 368 g/mol. The Bertz CT molecular complexity index is 836. The molecular formula is C21H24N2O4. The molecule has 6 nitrogen and oxygen atoms in total. The predicted octanol–water partition coefficient (Wildman–Crippen LogP) is 3.62. The van der Waals surface area contributed by atoms with Crippen molar-refractivity contribution in [1.82, 2.24) is 0 Å². The number of anilines is 2. The van der Waals surface area contributed by atoms with E-state index in [0.29, 0.717) is 22.9 Å². The molecule has 1 heterocycles. The molecule has 1 aliphatic heterocycles. The molecule has 0 fully saturated rings. The molecule has 1 aliphatic rings. The molecule has 0 saturated heterocycles. The lowest BCUT2D eigenvalue weighted by Crippen LogP contribution is -2.47. The van der Waals surface area contributed by atoms with Gasteiger partial charge in [0.05, 0.1) is 11.8 Å². The van der Waals surface area contributed by atoms with Gasteiger partial charge in [0.15, 0.2) is 6.10 Å². The van der Waals surface area contributed by atoms with Crippen LogP contribution in [-0.2, 0) is 9.59 Å². The van der Waals surface area contributed by atoms with Gasteiger partial charge in [0, 0.05) is 11.8 Å². The van der Waals surface area contributed by atoms with Crippen LogP contribution in [0.2, 0.25) is 0 Å². The number of amides is 2. The van der Waals surface area contributed by atoms with Crippen molar-refractivity contribution in [3.8, 4) is 11.5 Å². The maximum Gasteiger partial charge on any atom is 0.268 e. The minimum absolute atomic E-state index is 0.0833. The molecule has 0 bridgehead atoms. The molecule has 1 N–H and O–H groups in total. The molecule has 0 unspecified atom stereocenters. The SMILES string of the molecule is CC[C@@H](C)Oc1cccc(NC(=O)CN2C(=O)[C@H](C)Oc3ccccc32)c1. The third-order valence-corrected chi connectivity index (χ3v) is 4.41. The lowest BCUT2D eigenvalue weighted by molar-refractivity contribution is -0.127. The van der Waals surface area contributed by atoms with Crippen molar-refractivity contribution in [2.24, 2.45) is 0 Å². The van der Waals surface area contributed by atoms with Crippen LogP contribution in [0.4, 0.5) is 11.4 Å². The highest BCUT2D eigenvalue weighted by Gasteiger charge is 2.32. The van der Waals surface area contributed by atoms with Crippen LogP contribution in [0.1, 0.15) is 27.2 Å². The number of carbonyl (C=O) groups is 2. The molecule has 0 aliphatic carbocycles. The van der Waals surface area contributed by atoms with Gasteiger partial charge in [-0.15, -0.1) is 0 Å². The number of para-hydroxylation sites is 2. The van der Waals surface area contributed by atoms with Gasteiger partial charge in [0.2, 0.25) is 5.91 Å². The van der Waals surface area contributed by atoms with E-state index in [1.54, 1.807) is 31.2 Å². The molecule has 142 valence electrons. The van der Waals surface area contributed by atoms with Crippen molar-refractivity contribution >= 4 is 23.2 Å². The van der Waals surface area contributed by atoms with Gasteiger partial charge in [0.25, 0.3) is 5.91 Å². The number of carbonyl (C=O) groups excluding carboxylic acids is 2. The number of hydrogen-bond acceptors (Lipinski definition) is 4. The summed E-state index contributed by atoms with van der Waals surface area (Å²) < 4.78 is 11.4. The summed E-state index contributed by atoms with van der Waals surface area (Å²) in [5.41, 5.74) is 1.23. The number of ether oxygens (including phenoxy) is 2. The molecule has 2 aromatic rings. The van der Waals surface area contributed by atoms with E-state index in [9.17, 15) is 9.59 Å². The standard InChI is InChI=1S/C21H24N2O4/c1-4-14(2)26-17-9-7-8-16(12-17)22-20(24)13-23-18-10-5-6-11-19(18)27-15(3)21(23)25/h5-12,14-15H,4,13H2,1-3H3,(H,22,24)/t14-,15+/m1/s1. The van der Waals surface area contributed by atoms with Gasteiger partial charge in [-0.1, -0.05) is 25.1 Å². The molecule has 0 aromatic heterocycles. The highest BCUT2D eigenvalue weighted by Crippen LogP contribution is 2.33. The van der Waals surface area contributed by atoms with Crippen molar-refractivity contribution in [2.75, 3.05) is 16.8 Å². The Morgan fingerprint density at radius 3 is 2.81 bits per heavy atom. The normalized spacial score (nSPS) is 16.9. The van der Waals surface area contributed by atoms with Gasteiger partial charge in [-0.3, -0.25) is 14.5 Å². The first-order chi connectivity index (χ1) is 13.0. The smallest absolute Gasteiger partial charge is 0.268 e. The van der Waals surface area contributed by atoms with Crippen molar-refractivity contribution < 1.29 is 19.1 Å². The Labute approximate surface area is 159 Å². The van der Waals surface area contributed by atoms with Crippen LogP contribution >= 0.6 is 0 Å². The number of nitrogens with one attached hydrogen (secondary N) is 1. The van der Waals surface area contributed by atoms with Crippen LogP contribution in [0.25, 0.3) is 0 Å². The van der Waals surface area contributed by atoms with Crippen molar-refractivity contribution in [2.45, 2.75) is 39.4 Å². The van der Waals surface area contributed by atoms with E-state index in [1.807, 2.05) is 31.2 Å². The van der Waals surface area contributed by atoms with E-state index in [4.69, 9.17) is 9.47 Å². The van der Waals surface area contributed by atoms with E-state index in [-0.39, 0.29) is 24.5 Å². The fraction of sp³-hybridized carbons (Fsp3) is 0.333. The van der Waals surface area contributed by atoms with Gasteiger partial charge >= 0.3 is 0 Å². The zero-order valence-electron chi connectivity index (χ0n) is 15.8. The van der Waals surface area contributed by atoms with Crippen LogP contribution in [0.15, 0.2) is 48.5 Å². The Balaban J connectivity index is 1.71. The number of hydrogen-bond donors (Lipinski definition) is 1. The largest absolute Gasteiger partial charge is 0.491 e. The summed E-state index contributed by atoms with van der Waals surface area (Å²) in [6.45, 7) is 5.64. The zero-order chi connectivity index (χ0) is 19.4. The second-order valence-corrected chi connectivity index (χ2v) is 6.56. The van der Waals surface area contributed by atoms with Gasteiger partial charge in [-0.2, -0.15) is 0 Å². The first-order valence-electron chi connectivity index (χ1n) is 9.11. The van der Waals surface area contributed by atoms with E-state index < -0.39 is 6.10 Å². The maximum atomic E-state index is 12.5. The van der Waals surface area contributed by atoms with Crippen molar-refractivity contribution in [3.05, 3.63) is 48.5 Å². The van der Waals surface area contributed by atoms with E-state index in [1.165, 1.54) is 4.90 Å². The zero-order valence-corrected chi connectivity index (χ0v) is 15.8. The van der Waals surface area contributed by atoms with Crippen molar-refractivity contribution in [1.29, 1.82) is 0 Å². The van der Waals surface area contributed by atoms with E-state index in [2.05, 4.69) is 12.2 Å². The summed E-state index contributed by atoms with van der Waals surface area (Å²) in [5, 5.41) is 2.83. The van der Waals surface area contributed by atoms with Crippen LogP contribution in [0.5, 0.6) is 11.5 Å². The number of fused-ring (bicyclic) bond motifs is 1. The van der Waals surface area contributed by atoms with Crippen LogP contribution in [0, 0.1) is 0 Å². The topological polar surface area (TPSA) is 67.9 Å². The summed E-state index contributed by atoms with van der Waals surface area (Å²) >= 11 is 0. The minimum Gasteiger partial charge on any atom is -0.491 e. The van der Waals surface area contributed by atoms with E-state index in [0.717, 1.165) is 6.42 Å². The average molecular weight is 368 g/mol. The predicted molar refractivity (Wildman–Crippen MR) is 104 cm³/mol. The molecule has 3 rings (SSSR count). The summed E-state index contributed by atoms with van der Waals surface area (Å²) in [5.74, 6) is 0.774. The highest BCUT2D eigenvalue weighted by molar-refractivity contribution is 6.06. The Hall–Kier alpha value is -3.02. The highest BCUT2D eigenvalue weighted by atomic mass is 16.5. The second-order valence-electron chi connectivity index (χ2n) is 6.56.